The lowest BCUT2D eigenvalue weighted by molar-refractivity contribution is 1.03. The third-order valence-corrected chi connectivity index (χ3v) is 2.66. The molecule has 0 amide bonds. The van der Waals surface area contributed by atoms with E-state index in [1.165, 1.54) is 12.8 Å². The first-order valence-electron chi connectivity index (χ1n) is 4.40. The molecule has 0 atom stereocenters. The van der Waals surface area contributed by atoms with Gasteiger partial charge in [0.05, 0.1) is 4.47 Å². The highest BCUT2D eigenvalue weighted by Gasteiger charge is 2.22. The molecule has 0 aliphatic heterocycles. The van der Waals surface area contributed by atoms with Gasteiger partial charge in [-0.15, -0.1) is 0 Å². The second-order valence-corrected chi connectivity index (χ2v) is 4.15. The van der Waals surface area contributed by atoms with Crippen molar-refractivity contribution in [1.82, 2.24) is 4.98 Å². The standard InChI is InChI=1S/C9H12BrN3/c10-8-3-6(4-11)5-12-9(8)13-7-1-2-7/h3,5,7H,1-2,4,11H2,(H,12,13). The van der Waals surface area contributed by atoms with Crippen LogP contribution in [-0.4, -0.2) is 11.0 Å². The van der Waals surface area contributed by atoms with Crippen molar-refractivity contribution >= 4 is 21.7 Å². The van der Waals surface area contributed by atoms with Gasteiger partial charge in [-0.3, -0.25) is 0 Å². The molecule has 1 fully saturated rings. The lowest BCUT2D eigenvalue weighted by Gasteiger charge is -2.06. The summed E-state index contributed by atoms with van der Waals surface area (Å²) in [6.45, 7) is 0.537. The van der Waals surface area contributed by atoms with Crippen LogP contribution in [-0.2, 0) is 6.54 Å². The fourth-order valence-electron chi connectivity index (χ4n) is 1.12. The number of nitrogens with zero attached hydrogens (tertiary/aromatic N) is 1. The number of hydrogen-bond acceptors (Lipinski definition) is 3. The maximum atomic E-state index is 5.50. The number of pyridine rings is 1. The zero-order chi connectivity index (χ0) is 9.26. The van der Waals surface area contributed by atoms with Crippen LogP contribution in [0.3, 0.4) is 0 Å². The number of halogens is 1. The second-order valence-electron chi connectivity index (χ2n) is 3.30. The highest BCUT2D eigenvalue weighted by molar-refractivity contribution is 9.10. The van der Waals surface area contributed by atoms with E-state index >= 15 is 0 Å². The molecule has 4 heteroatoms. The van der Waals surface area contributed by atoms with Gasteiger partial charge in [-0.2, -0.15) is 0 Å². The van der Waals surface area contributed by atoms with Gasteiger partial charge >= 0.3 is 0 Å². The zero-order valence-electron chi connectivity index (χ0n) is 7.26. The molecular weight excluding hydrogens is 230 g/mol. The fraction of sp³-hybridized carbons (Fsp3) is 0.444. The van der Waals surface area contributed by atoms with E-state index in [2.05, 4.69) is 26.2 Å². The molecule has 0 aromatic carbocycles. The Bertz CT molecular complexity index is 310. The minimum Gasteiger partial charge on any atom is -0.366 e. The van der Waals surface area contributed by atoms with Crippen LogP contribution < -0.4 is 11.1 Å². The molecule has 3 nitrogen and oxygen atoms in total. The molecule has 1 heterocycles. The first-order valence-corrected chi connectivity index (χ1v) is 5.20. The molecule has 1 saturated carbocycles. The summed E-state index contributed by atoms with van der Waals surface area (Å²) in [5.74, 6) is 0.930. The van der Waals surface area contributed by atoms with E-state index in [0.717, 1.165) is 15.9 Å². The molecule has 0 saturated heterocycles. The Morgan fingerprint density at radius 2 is 2.38 bits per heavy atom. The van der Waals surface area contributed by atoms with Gasteiger partial charge in [0.1, 0.15) is 5.82 Å². The molecule has 0 unspecified atom stereocenters. The van der Waals surface area contributed by atoms with Crippen molar-refractivity contribution in [2.24, 2.45) is 5.73 Å². The number of nitrogens with two attached hydrogens (primary N) is 1. The zero-order valence-corrected chi connectivity index (χ0v) is 8.84. The first kappa shape index (κ1) is 8.97. The number of nitrogens with one attached hydrogen (secondary N) is 1. The summed E-state index contributed by atoms with van der Waals surface area (Å²) in [5.41, 5.74) is 6.55. The largest absolute Gasteiger partial charge is 0.366 e. The van der Waals surface area contributed by atoms with Gasteiger partial charge in [-0.1, -0.05) is 0 Å². The van der Waals surface area contributed by atoms with E-state index in [1.54, 1.807) is 0 Å². The molecule has 1 aromatic heterocycles. The van der Waals surface area contributed by atoms with Crippen molar-refractivity contribution in [3.63, 3.8) is 0 Å². The summed E-state index contributed by atoms with van der Waals surface area (Å²) in [6, 6.07) is 2.64. The Labute approximate surface area is 85.9 Å². The van der Waals surface area contributed by atoms with Crippen molar-refractivity contribution in [3.05, 3.63) is 22.3 Å². The summed E-state index contributed by atoms with van der Waals surface area (Å²) < 4.78 is 1.00. The molecule has 2 rings (SSSR count). The minimum absolute atomic E-state index is 0.537. The van der Waals surface area contributed by atoms with E-state index in [4.69, 9.17) is 5.73 Å². The van der Waals surface area contributed by atoms with Crippen LogP contribution in [0.2, 0.25) is 0 Å². The number of hydrogen-bond donors (Lipinski definition) is 2. The summed E-state index contributed by atoms with van der Waals surface area (Å²) >= 11 is 3.46. The Morgan fingerprint density at radius 3 is 2.92 bits per heavy atom. The lowest BCUT2D eigenvalue weighted by atomic mass is 10.3. The van der Waals surface area contributed by atoms with E-state index in [1.807, 2.05) is 12.3 Å². The molecule has 70 valence electrons. The van der Waals surface area contributed by atoms with E-state index in [0.29, 0.717) is 12.6 Å². The van der Waals surface area contributed by atoms with Crippen LogP contribution in [0.15, 0.2) is 16.7 Å². The fourth-order valence-corrected chi connectivity index (χ4v) is 1.63. The quantitative estimate of drug-likeness (QED) is 0.850. The van der Waals surface area contributed by atoms with Crippen molar-refractivity contribution in [1.29, 1.82) is 0 Å². The minimum atomic E-state index is 0.537. The lowest BCUT2D eigenvalue weighted by Crippen LogP contribution is -2.05. The summed E-state index contributed by atoms with van der Waals surface area (Å²) in [5, 5.41) is 3.34. The van der Waals surface area contributed by atoms with Crippen LogP contribution in [0.1, 0.15) is 18.4 Å². The van der Waals surface area contributed by atoms with Crippen LogP contribution in [0, 0.1) is 0 Å². The van der Waals surface area contributed by atoms with Gasteiger partial charge in [0.15, 0.2) is 0 Å². The molecule has 1 aliphatic carbocycles. The van der Waals surface area contributed by atoms with Crippen molar-refractivity contribution in [2.45, 2.75) is 25.4 Å². The molecular formula is C9H12BrN3. The third-order valence-electron chi connectivity index (χ3n) is 2.05. The Balaban J connectivity index is 2.15. The van der Waals surface area contributed by atoms with Crippen molar-refractivity contribution < 1.29 is 0 Å². The molecule has 1 aliphatic rings. The smallest absolute Gasteiger partial charge is 0.140 e. The monoisotopic (exact) mass is 241 g/mol. The van der Waals surface area contributed by atoms with Crippen LogP contribution in [0.4, 0.5) is 5.82 Å². The van der Waals surface area contributed by atoms with Crippen LogP contribution >= 0.6 is 15.9 Å². The molecule has 0 bridgehead atoms. The van der Waals surface area contributed by atoms with Gasteiger partial charge in [0.2, 0.25) is 0 Å². The number of rotatable bonds is 3. The highest BCUT2D eigenvalue weighted by atomic mass is 79.9. The Hall–Kier alpha value is -0.610. The molecule has 3 N–H and O–H groups in total. The number of aromatic nitrogens is 1. The van der Waals surface area contributed by atoms with Gasteiger partial charge < -0.3 is 11.1 Å². The van der Waals surface area contributed by atoms with Crippen LogP contribution in [0.25, 0.3) is 0 Å². The van der Waals surface area contributed by atoms with Gasteiger partial charge in [-0.05, 0) is 40.4 Å². The predicted molar refractivity (Wildman–Crippen MR) is 56.5 cm³/mol. The predicted octanol–water partition coefficient (Wildman–Crippen LogP) is 1.88. The molecule has 0 radical (unpaired) electrons. The summed E-state index contributed by atoms with van der Waals surface area (Å²) in [4.78, 5) is 4.29. The Kier molecular flexibility index (Phi) is 2.51. The SMILES string of the molecule is NCc1cnc(NC2CC2)c(Br)c1. The second kappa shape index (κ2) is 3.64. The van der Waals surface area contributed by atoms with E-state index in [-0.39, 0.29) is 0 Å². The third kappa shape index (κ3) is 2.19. The first-order chi connectivity index (χ1) is 6.29. The number of anilines is 1. The summed E-state index contributed by atoms with van der Waals surface area (Å²) in [6.07, 6.45) is 4.33. The van der Waals surface area contributed by atoms with Crippen LogP contribution in [0.5, 0.6) is 0 Å². The normalized spacial score (nSPS) is 15.8. The molecule has 13 heavy (non-hydrogen) atoms. The van der Waals surface area contributed by atoms with Crippen molar-refractivity contribution in [3.8, 4) is 0 Å². The average Bonchev–Trinajstić information content (AvgIpc) is 2.92. The van der Waals surface area contributed by atoms with Gasteiger partial charge in [0.25, 0.3) is 0 Å². The molecule has 0 spiro atoms. The topological polar surface area (TPSA) is 50.9 Å². The maximum absolute atomic E-state index is 5.50. The van der Waals surface area contributed by atoms with E-state index < -0.39 is 0 Å². The maximum Gasteiger partial charge on any atom is 0.140 e. The van der Waals surface area contributed by atoms with Crippen molar-refractivity contribution in [2.75, 3.05) is 5.32 Å². The van der Waals surface area contributed by atoms with Gasteiger partial charge in [-0.25, -0.2) is 4.98 Å². The molecule has 1 aromatic rings. The van der Waals surface area contributed by atoms with Gasteiger partial charge in [0, 0.05) is 18.8 Å². The Morgan fingerprint density at radius 1 is 1.62 bits per heavy atom. The highest BCUT2D eigenvalue weighted by Crippen LogP contribution is 2.28. The summed E-state index contributed by atoms with van der Waals surface area (Å²) in [7, 11) is 0. The van der Waals surface area contributed by atoms with E-state index in [9.17, 15) is 0 Å². The average molecular weight is 242 g/mol.